The quantitative estimate of drug-likeness (QED) is 0.109. The first-order chi connectivity index (χ1) is 24.1. The zero-order valence-electron chi connectivity index (χ0n) is 32.2. The van der Waals surface area contributed by atoms with Crippen molar-refractivity contribution >= 4 is 29.9 Å². The van der Waals surface area contributed by atoms with Crippen LogP contribution in [0.15, 0.2) is 151 Å². The fourth-order valence-corrected chi connectivity index (χ4v) is 8.67. The van der Waals surface area contributed by atoms with E-state index in [0.29, 0.717) is 23.7 Å². The van der Waals surface area contributed by atoms with Crippen LogP contribution in [0.4, 0.5) is 11.4 Å². The van der Waals surface area contributed by atoms with Crippen molar-refractivity contribution in [2.24, 2.45) is 0 Å². The fourth-order valence-electron chi connectivity index (χ4n) is 6.61. The smallest absolute Gasteiger partial charge is 1.00 e. The molecule has 2 nitrogen and oxygen atoms in total. The third-order valence-corrected chi connectivity index (χ3v) is 11.5. The van der Waals surface area contributed by atoms with Crippen LogP contribution in [0.1, 0.15) is 107 Å². The number of anilines is 2. The van der Waals surface area contributed by atoms with Crippen LogP contribution in [-0.2, 0) is 17.1 Å². The van der Waals surface area contributed by atoms with Crippen LogP contribution >= 0.6 is 7.92 Å². The predicted octanol–water partition coefficient (Wildman–Crippen LogP) is 9.91. The van der Waals surface area contributed by atoms with E-state index in [1.807, 2.05) is 18.2 Å². The third-order valence-electron chi connectivity index (χ3n) is 9.28. The molecule has 0 N–H and O–H groups in total. The van der Waals surface area contributed by atoms with E-state index in [4.69, 9.17) is 0 Å². The maximum absolute atomic E-state index is 2.56. The molecule has 0 amide bonds. The monoisotopic (exact) mass is 776 g/mol. The van der Waals surface area contributed by atoms with E-state index in [2.05, 4.69) is 200 Å². The second-order valence-electron chi connectivity index (χ2n) is 14.4. The van der Waals surface area contributed by atoms with E-state index >= 15 is 0 Å². The Kier molecular flexibility index (Phi) is 16.5. The number of benzene rings is 5. The Balaban J connectivity index is 0.000000726. The topological polar surface area (TPSA) is 6.48 Å². The number of hydrogen-bond acceptors (Lipinski definition) is 2. The molecular formula is C47H55ClCuN2P. The summed E-state index contributed by atoms with van der Waals surface area (Å²) in [5.41, 5.74) is 9.50. The minimum absolute atomic E-state index is 0. The first kappa shape index (κ1) is 42.8. The summed E-state index contributed by atoms with van der Waals surface area (Å²) in [5, 5.41) is 2.70. The number of nitrogens with zero attached hydrogens (tertiary/aromatic N) is 2. The van der Waals surface area contributed by atoms with Gasteiger partial charge in [-0.05, 0) is 77.2 Å². The molecule has 5 aromatic rings. The van der Waals surface area contributed by atoms with E-state index in [9.17, 15) is 0 Å². The van der Waals surface area contributed by atoms with Gasteiger partial charge in [0.15, 0.2) is 0 Å². The van der Waals surface area contributed by atoms with Gasteiger partial charge < -0.3 is 22.2 Å². The van der Waals surface area contributed by atoms with Crippen LogP contribution in [-0.4, -0.2) is 0 Å². The van der Waals surface area contributed by atoms with Crippen molar-refractivity contribution in [3.05, 3.63) is 179 Å². The maximum atomic E-state index is 2.56. The molecule has 0 atom stereocenters. The summed E-state index contributed by atoms with van der Waals surface area (Å²) in [5.74, 6) is 5.37. The van der Waals surface area contributed by atoms with Gasteiger partial charge in [-0.3, -0.25) is 0 Å². The molecular weight excluding hydrogens is 723 g/mol. The van der Waals surface area contributed by atoms with Crippen molar-refractivity contribution < 1.29 is 29.5 Å². The number of hydrogen-bond donors (Lipinski definition) is 0. The number of para-hydroxylation sites is 2. The molecule has 0 saturated carbocycles. The molecule has 0 fully saturated rings. The van der Waals surface area contributed by atoms with Gasteiger partial charge in [0.05, 0.1) is 11.4 Å². The van der Waals surface area contributed by atoms with E-state index in [1.54, 1.807) is 0 Å². The Labute approximate surface area is 332 Å². The summed E-state index contributed by atoms with van der Waals surface area (Å²) >= 11 is 0. The molecule has 276 valence electrons. The largest absolute Gasteiger partial charge is 1.00 e. The Morgan fingerprint density at radius 1 is 0.442 bits per heavy atom. The molecule has 0 saturated heterocycles. The second kappa shape index (κ2) is 20.0. The van der Waals surface area contributed by atoms with E-state index in [0.717, 1.165) is 0 Å². The molecule has 6 rings (SSSR count). The maximum Gasteiger partial charge on any atom is 1.00 e. The summed E-state index contributed by atoms with van der Waals surface area (Å²) in [6.45, 7) is 20.6. The molecule has 0 aliphatic carbocycles. The van der Waals surface area contributed by atoms with Gasteiger partial charge >= 0.3 is 17.1 Å². The van der Waals surface area contributed by atoms with E-state index in [-0.39, 0.29) is 29.5 Å². The molecule has 1 heterocycles. The number of aryl methyl sites for hydroxylation is 1. The van der Waals surface area contributed by atoms with Gasteiger partial charge in [0, 0.05) is 12.4 Å². The van der Waals surface area contributed by atoms with Gasteiger partial charge in [-0.15, -0.1) is 0 Å². The molecule has 0 spiro atoms. The van der Waals surface area contributed by atoms with Crippen molar-refractivity contribution in [1.29, 1.82) is 0 Å². The standard InChI is InChI=1S/C40H47N2P.C7H8.ClH.Cu/c1-28(2)34-21-15-22-35(29(3)4)39(34)41-25-26-42(40-36(30(5)6)23-16-24-37(40)31(7)8)38(41)27-43(32-17-11-9-12-18-32)33-19-13-10-14-20-33;1-7-5-3-2-4-6-7;;/h9-31H,1-8H3;2-6H,1H3;1H;/q;;;+1/p-1. The zero-order valence-corrected chi connectivity index (χ0v) is 34.8. The third kappa shape index (κ3) is 10.1. The van der Waals surface area contributed by atoms with Crippen molar-refractivity contribution in [3.63, 3.8) is 0 Å². The summed E-state index contributed by atoms with van der Waals surface area (Å²) < 4.78 is 0. The van der Waals surface area contributed by atoms with Gasteiger partial charge in [-0.25, -0.2) is 0 Å². The molecule has 1 aliphatic rings. The van der Waals surface area contributed by atoms with Gasteiger partial charge in [0.2, 0.25) is 0 Å². The molecule has 5 heteroatoms. The summed E-state index contributed by atoms with van der Waals surface area (Å²) in [7, 11) is -0.781. The van der Waals surface area contributed by atoms with Gasteiger partial charge in [-0.1, -0.05) is 188 Å². The van der Waals surface area contributed by atoms with Crippen LogP contribution in [0.3, 0.4) is 0 Å². The van der Waals surface area contributed by atoms with Crippen molar-refractivity contribution in [1.82, 2.24) is 0 Å². The summed E-state index contributed by atoms with van der Waals surface area (Å²) in [6, 6.07) is 46.1. The Morgan fingerprint density at radius 3 is 1.02 bits per heavy atom. The number of rotatable bonds is 9. The van der Waals surface area contributed by atoms with Crippen LogP contribution in [0.5, 0.6) is 0 Å². The Hall–Kier alpha value is -3.58. The molecule has 0 unspecified atom stereocenters. The molecule has 0 bridgehead atoms. The normalized spacial score (nSPS) is 12.3. The minimum atomic E-state index is -0.781. The van der Waals surface area contributed by atoms with Crippen molar-refractivity contribution in [2.75, 3.05) is 9.80 Å². The minimum Gasteiger partial charge on any atom is -1.00 e. The second-order valence-corrected chi connectivity index (χ2v) is 16.4. The molecule has 0 radical (unpaired) electrons. The van der Waals surface area contributed by atoms with Crippen LogP contribution in [0, 0.1) is 6.92 Å². The molecule has 0 aromatic heterocycles. The predicted molar refractivity (Wildman–Crippen MR) is 222 cm³/mol. The van der Waals surface area contributed by atoms with Crippen molar-refractivity contribution in [3.8, 4) is 0 Å². The Bertz CT molecular complexity index is 1720. The van der Waals surface area contributed by atoms with Crippen molar-refractivity contribution in [2.45, 2.75) is 86.0 Å². The molecule has 1 aliphatic heterocycles. The first-order valence-electron chi connectivity index (χ1n) is 18.2. The molecule has 5 aromatic carbocycles. The Morgan fingerprint density at radius 2 is 0.750 bits per heavy atom. The SMILES string of the molecule is CC(C)c1cccc(C(C)C)c1N1C=CN(c2c(C(C)C)cccc2C(C)C)C1=CP(c1ccccc1)c1ccccc1.Cc1ccccc1.[Cl-].[Cu+]. The number of halogens is 1. The summed E-state index contributed by atoms with van der Waals surface area (Å²) in [4.78, 5) is 4.99. The fraction of sp³-hybridized carbons (Fsp3) is 0.277. The first-order valence-corrected chi connectivity index (χ1v) is 19.6. The average Bonchev–Trinajstić information content (AvgIpc) is 3.53. The molecule has 52 heavy (non-hydrogen) atoms. The van der Waals surface area contributed by atoms with Gasteiger partial charge in [0.1, 0.15) is 5.82 Å². The van der Waals surface area contributed by atoms with Crippen LogP contribution < -0.4 is 32.8 Å². The van der Waals surface area contributed by atoms with Crippen LogP contribution in [0.25, 0.3) is 0 Å². The zero-order chi connectivity index (χ0) is 35.8. The van der Waals surface area contributed by atoms with E-state index in [1.165, 1.54) is 55.6 Å². The van der Waals surface area contributed by atoms with E-state index < -0.39 is 7.92 Å². The average molecular weight is 778 g/mol. The van der Waals surface area contributed by atoms with Gasteiger partial charge in [0.25, 0.3) is 0 Å². The summed E-state index contributed by atoms with van der Waals surface area (Å²) in [6.07, 6.45) is 4.62. The van der Waals surface area contributed by atoms with Gasteiger partial charge in [-0.2, -0.15) is 0 Å². The van der Waals surface area contributed by atoms with Crippen LogP contribution in [0.2, 0.25) is 0 Å².